The van der Waals surface area contributed by atoms with Gasteiger partial charge in [-0.1, -0.05) is 19.9 Å². The molecule has 17 heavy (non-hydrogen) atoms. The monoisotopic (exact) mass is 242 g/mol. The zero-order chi connectivity index (χ0) is 13.6. The van der Waals surface area contributed by atoms with E-state index in [1.807, 2.05) is 40.7 Å². The predicted octanol–water partition coefficient (Wildman–Crippen LogP) is 2.93. The summed E-state index contributed by atoms with van der Waals surface area (Å²) in [4.78, 5) is 11.5. The third kappa shape index (κ3) is 7.97. The van der Waals surface area contributed by atoms with Crippen molar-refractivity contribution in [3.05, 3.63) is 12.7 Å². The highest BCUT2D eigenvalue weighted by molar-refractivity contribution is 5.70. The maximum Gasteiger partial charge on any atom is 0.308 e. The topological polar surface area (TPSA) is 46.5 Å². The number of hydrogen-bond donors (Lipinski definition) is 1. The molecule has 0 radical (unpaired) electrons. The van der Waals surface area contributed by atoms with E-state index in [0.717, 1.165) is 6.42 Å². The SMILES string of the molecule is C=CC(C)CC(C)C(O)CC(=O)OC(C)(C)C. The first-order valence-electron chi connectivity index (χ1n) is 6.18. The first kappa shape index (κ1) is 16.2. The number of ether oxygens (including phenoxy) is 1. The van der Waals surface area contributed by atoms with Gasteiger partial charge in [-0.15, -0.1) is 6.58 Å². The van der Waals surface area contributed by atoms with Crippen LogP contribution in [0.3, 0.4) is 0 Å². The van der Waals surface area contributed by atoms with Gasteiger partial charge in [0.25, 0.3) is 0 Å². The fourth-order valence-corrected chi connectivity index (χ4v) is 1.59. The Labute approximate surface area is 105 Å². The Morgan fingerprint density at radius 1 is 1.41 bits per heavy atom. The van der Waals surface area contributed by atoms with Gasteiger partial charge in [0.05, 0.1) is 12.5 Å². The second-order valence-electron chi connectivity index (χ2n) is 5.78. The molecule has 0 aliphatic carbocycles. The Hall–Kier alpha value is -0.830. The lowest BCUT2D eigenvalue weighted by molar-refractivity contribution is -0.157. The fraction of sp³-hybridized carbons (Fsp3) is 0.786. The Morgan fingerprint density at radius 2 is 1.94 bits per heavy atom. The molecule has 0 bridgehead atoms. The number of allylic oxidation sites excluding steroid dienone is 1. The maximum absolute atomic E-state index is 11.5. The molecule has 0 saturated carbocycles. The molecule has 0 aromatic rings. The molecular weight excluding hydrogens is 216 g/mol. The molecule has 1 N–H and O–H groups in total. The molecule has 3 atom stereocenters. The van der Waals surface area contributed by atoms with Gasteiger partial charge >= 0.3 is 5.97 Å². The van der Waals surface area contributed by atoms with Crippen molar-refractivity contribution in [2.45, 2.75) is 59.2 Å². The fourth-order valence-electron chi connectivity index (χ4n) is 1.59. The van der Waals surface area contributed by atoms with Crippen molar-refractivity contribution >= 4 is 5.97 Å². The highest BCUT2D eigenvalue weighted by atomic mass is 16.6. The van der Waals surface area contributed by atoms with Crippen molar-refractivity contribution in [3.8, 4) is 0 Å². The van der Waals surface area contributed by atoms with Crippen molar-refractivity contribution in [2.75, 3.05) is 0 Å². The minimum absolute atomic E-state index is 0.0578. The smallest absolute Gasteiger partial charge is 0.308 e. The van der Waals surface area contributed by atoms with Crippen LogP contribution in [-0.4, -0.2) is 22.8 Å². The summed E-state index contributed by atoms with van der Waals surface area (Å²) < 4.78 is 5.17. The van der Waals surface area contributed by atoms with Gasteiger partial charge in [0, 0.05) is 0 Å². The molecule has 0 rings (SSSR count). The van der Waals surface area contributed by atoms with Crippen LogP contribution in [0.15, 0.2) is 12.7 Å². The van der Waals surface area contributed by atoms with Crippen LogP contribution in [-0.2, 0) is 9.53 Å². The summed E-state index contributed by atoms with van der Waals surface area (Å²) in [5.41, 5.74) is -0.492. The van der Waals surface area contributed by atoms with Crippen molar-refractivity contribution in [2.24, 2.45) is 11.8 Å². The molecule has 0 saturated heterocycles. The minimum Gasteiger partial charge on any atom is -0.460 e. The normalized spacial score (nSPS) is 17.1. The van der Waals surface area contributed by atoms with Crippen molar-refractivity contribution in [1.82, 2.24) is 0 Å². The molecule has 0 spiro atoms. The van der Waals surface area contributed by atoms with Crippen LogP contribution in [0.2, 0.25) is 0 Å². The number of hydrogen-bond acceptors (Lipinski definition) is 3. The molecule has 100 valence electrons. The van der Waals surface area contributed by atoms with E-state index in [0.29, 0.717) is 5.92 Å². The van der Waals surface area contributed by atoms with E-state index in [9.17, 15) is 9.90 Å². The van der Waals surface area contributed by atoms with E-state index in [1.165, 1.54) is 0 Å². The number of aliphatic hydroxyl groups is 1. The van der Waals surface area contributed by atoms with Crippen LogP contribution in [0.5, 0.6) is 0 Å². The van der Waals surface area contributed by atoms with E-state index >= 15 is 0 Å². The van der Waals surface area contributed by atoms with Crippen molar-refractivity contribution in [3.63, 3.8) is 0 Å². The Morgan fingerprint density at radius 3 is 2.35 bits per heavy atom. The summed E-state index contributed by atoms with van der Waals surface area (Å²) in [7, 11) is 0. The molecule has 0 heterocycles. The number of aliphatic hydroxyl groups excluding tert-OH is 1. The summed E-state index contributed by atoms with van der Waals surface area (Å²) in [6, 6.07) is 0. The standard InChI is InChI=1S/C14H26O3/c1-7-10(2)8-11(3)12(15)9-13(16)17-14(4,5)6/h7,10-12,15H,1,8-9H2,2-6H3. The first-order valence-corrected chi connectivity index (χ1v) is 6.18. The van der Waals surface area contributed by atoms with Crippen molar-refractivity contribution in [1.29, 1.82) is 0 Å². The van der Waals surface area contributed by atoms with Gasteiger partial charge in [-0.05, 0) is 39.0 Å². The molecule has 3 nitrogen and oxygen atoms in total. The van der Waals surface area contributed by atoms with Crippen LogP contribution in [0.4, 0.5) is 0 Å². The van der Waals surface area contributed by atoms with Crippen LogP contribution in [0, 0.1) is 11.8 Å². The number of carbonyl (C=O) groups excluding carboxylic acids is 1. The molecule has 0 aromatic heterocycles. The van der Waals surface area contributed by atoms with Gasteiger partial charge in [-0.25, -0.2) is 0 Å². The van der Waals surface area contributed by atoms with E-state index in [1.54, 1.807) is 0 Å². The lowest BCUT2D eigenvalue weighted by Gasteiger charge is -2.23. The maximum atomic E-state index is 11.5. The molecule has 0 amide bonds. The Balaban J connectivity index is 4.11. The van der Waals surface area contributed by atoms with Crippen LogP contribution >= 0.6 is 0 Å². The zero-order valence-corrected chi connectivity index (χ0v) is 11.7. The van der Waals surface area contributed by atoms with Gasteiger partial charge < -0.3 is 9.84 Å². The molecule has 0 aliphatic rings. The summed E-state index contributed by atoms with van der Waals surface area (Å²) in [5.74, 6) is 0.0666. The highest BCUT2D eigenvalue weighted by Crippen LogP contribution is 2.19. The van der Waals surface area contributed by atoms with Gasteiger partial charge in [-0.2, -0.15) is 0 Å². The first-order chi connectivity index (χ1) is 7.65. The average Bonchev–Trinajstić information content (AvgIpc) is 2.14. The zero-order valence-electron chi connectivity index (χ0n) is 11.7. The van der Waals surface area contributed by atoms with E-state index in [4.69, 9.17) is 4.74 Å². The third-order valence-electron chi connectivity index (χ3n) is 2.60. The van der Waals surface area contributed by atoms with Crippen LogP contribution < -0.4 is 0 Å². The van der Waals surface area contributed by atoms with E-state index < -0.39 is 11.7 Å². The molecule has 3 heteroatoms. The highest BCUT2D eigenvalue weighted by Gasteiger charge is 2.23. The lowest BCUT2D eigenvalue weighted by Crippen LogP contribution is -2.29. The molecule has 0 aliphatic heterocycles. The second kappa shape index (κ2) is 6.80. The number of rotatable bonds is 6. The lowest BCUT2D eigenvalue weighted by atomic mass is 9.91. The van der Waals surface area contributed by atoms with Crippen molar-refractivity contribution < 1.29 is 14.6 Å². The van der Waals surface area contributed by atoms with Crippen LogP contribution in [0.1, 0.15) is 47.5 Å². The summed E-state index contributed by atoms with van der Waals surface area (Å²) in [5, 5.41) is 9.89. The Kier molecular flexibility index (Phi) is 6.46. The quantitative estimate of drug-likeness (QED) is 0.575. The Bertz CT molecular complexity index is 253. The largest absolute Gasteiger partial charge is 0.460 e. The predicted molar refractivity (Wildman–Crippen MR) is 69.6 cm³/mol. The molecule has 0 fully saturated rings. The summed E-state index contributed by atoms with van der Waals surface area (Å²) in [6.07, 6.45) is 2.10. The van der Waals surface area contributed by atoms with E-state index in [-0.39, 0.29) is 18.3 Å². The average molecular weight is 242 g/mol. The summed E-state index contributed by atoms with van der Waals surface area (Å²) in [6.45, 7) is 13.2. The summed E-state index contributed by atoms with van der Waals surface area (Å²) >= 11 is 0. The van der Waals surface area contributed by atoms with Gasteiger partial charge in [0.15, 0.2) is 0 Å². The molecular formula is C14H26O3. The number of esters is 1. The van der Waals surface area contributed by atoms with Gasteiger partial charge in [0.1, 0.15) is 5.60 Å². The molecule has 3 unspecified atom stereocenters. The van der Waals surface area contributed by atoms with Gasteiger partial charge in [-0.3, -0.25) is 4.79 Å². The second-order valence-corrected chi connectivity index (χ2v) is 5.78. The molecule has 0 aromatic carbocycles. The van der Waals surface area contributed by atoms with Gasteiger partial charge in [0.2, 0.25) is 0 Å². The minimum atomic E-state index is -0.646. The third-order valence-corrected chi connectivity index (χ3v) is 2.60. The van der Waals surface area contributed by atoms with E-state index in [2.05, 4.69) is 6.58 Å². The van der Waals surface area contributed by atoms with Crippen LogP contribution in [0.25, 0.3) is 0 Å². The number of carbonyl (C=O) groups is 1.